The van der Waals surface area contributed by atoms with E-state index in [9.17, 15) is 15.0 Å². The van der Waals surface area contributed by atoms with Crippen LogP contribution >= 0.6 is 11.6 Å². The standard InChI is InChI=1S/C34H31ClN2O7/c1-34(33(39)40,44-20-24-5-2-4-23(16-24)18-36)32(38)37-19-22-8-11-27(12-9-22)43-21-26-6-3-7-28(31(26)35)25-10-13-29-30(17-25)42-15-14-41-29/h2-13,16-17,32,37-38H,14-15,19-21H2,1H3,(H,39,40). The van der Waals surface area contributed by atoms with Crippen LogP contribution in [0.25, 0.3) is 11.1 Å². The van der Waals surface area contributed by atoms with Crippen molar-refractivity contribution in [3.05, 3.63) is 112 Å². The second-order valence-electron chi connectivity index (χ2n) is 10.4. The number of halogens is 1. The zero-order chi connectivity index (χ0) is 31.1. The molecule has 5 rings (SSSR count). The third kappa shape index (κ3) is 7.13. The molecule has 4 aromatic rings. The van der Waals surface area contributed by atoms with Crippen molar-refractivity contribution < 1.29 is 34.0 Å². The van der Waals surface area contributed by atoms with Gasteiger partial charge in [-0.2, -0.15) is 5.26 Å². The Balaban J connectivity index is 1.17. The average Bonchev–Trinajstić information content (AvgIpc) is 3.05. The summed E-state index contributed by atoms with van der Waals surface area (Å²) in [6, 6.07) is 27.4. The summed E-state index contributed by atoms with van der Waals surface area (Å²) in [5.41, 5.74) is 2.51. The number of aliphatic hydroxyl groups is 1. The van der Waals surface area contributed by atoms with Crippen LogP contribution in [0.3, 0.4) is 0 Å². The molecule has 0 fully saturated rings. The molecule has 1 aliphatic heterocycles. The van der Waals surface area contributed by atoms with Crippen molar-refractivity contribution in [3.8, 4) is 34.4 Å². The zero-order valence-corrected chi connectivity index (χ0v) is 24.7. The maximum atomic E-state index is 12.0. The average molecular weight is 615 g/mol. The predicted molar refractivity (Wildman–Crippen MR) is 163 cm³/mol. The smallest absolute Gasteiger partial charge is 0.339 e. The van der Waals surface area contributed by atoms with Gasteiger partial charge < -0.3 is 29.2 Å². The molecule has 226 valence electrons. The fraction of sp³-hybridized carbons (Fsp3) is 0.235. The number of fused-ring (bicyclic) bond motifs is 1. The lowest BCUT2D eigenvalue weighted by Crippen LogP contribution is -2.55. The summed E-state index contributed by atoms with van der Waals surface area (Å²) in [4.78, 5) is 12.0. The molecule has 0 amide bonds. The van der Waals surface area contributed by atoms with E-state index in [0.717, 1.165) is 22.3 Å². The lowest BCUT2D eigenvalue weighted by atomic mass is 10.0. The van der Waals surface area contributed by atoms with E-state index in [1.165, 1.54) is 6.92 Å². The molecule has 2 atom stereocenters. The maximum absolute atomic E-state index is 12.0. The van der Waals surface area contributed by atoms with Crippen LogP contribution in [0.5, 0.6) is 17.2 Å². The molecule has 0 bridgehead atoms. The zero-order valence-electron chi connectivity index (χ0n) is 24.0. The van der Waals surface area contributed by atoms with E-state index in [1.807, 2.05) is 54.6 Å². The molecule has 0 aliphatic carbocycles. The number of aliphatic hydroxyl groups excluding tert-OH is 1. The largest absolute Gasteiger partial charge is 0.489 e. The molecule has 0 saturated carbocycles. The summed E-state index contributed by atoms with van der Waals surface area (Å²) in [7, 11) is 0. The second-order valence-corrected chi connectivity index (χ2v) is 10.7. The summed E-state index contributed by atoms with van der Waals surface area (Å²) in [6.07, 6.45) is -1.52. The number of nitrogens with one attached hydrogen (secondary N) is 1. The molecule has 44 heavy (non-hydrogen) atoms. The van der Waals surface area contributed by atoms with E-state index in [-0.39, 0.29) is 19.8 Å². The quantitative estimate of drug-likeness (QED) is 0.172. The molecular weight excluding hydrogens is 584 g/mol. The van der Waals surface area contributed by atoms with Crippen molar-refractivity contribution in [1.82, 2.24) is 5.32 Å². The van der Waals surface area contributed by atoms with Gasteiger partial charge in [0.2, 0.25) is 5.60 Å². The normalized spacial score (nSPS) is 14.2. The molecule has 1 aliphatic rings. The number of benzene rings is 4. The van der Waals surface area contributed by atoms with Gasteiger partial charge in [-0.25, -0.2) is 4.79 Å². The number of hydrogen-bond acceptors (Lipinski definition) is 8. The van der Waals surface area contributed by atoms with Crippen LogP contribution in [0.15, 0.2) is 84.9 Å². The number of hydrogen-bond donors (Lipinski definition) is 3. The van der Waals surface area contributed by atoms with Gasteiger partial charge in [-0.15, -0.1) is 0 Å². The summed E-state index contributed by atoms with van der Waals surface area (Å²) in [5.74, 6) is 0.700. The van der Waals surface area contributed by atoms with E-state index in [2.05, 4.69) is 5.32 Å². The molecule has 0 spiro atoms. The second kappa shape index (κ2) is 13.8. The molecule has 10 heteroatoms. The van der Waals surface area contributed by atoms with Gasteiger partial charge in [0.15, 0.2) is 11.5 Å². The molecule has 4 aromatic carbocycles. The van der Waals surface area contributed by atoms with Crippen LogP contribution in [-0.2, 0) is 29.3 Å². The minimum Gasteiger partial charge on any atom is -0.489 e. The van der Waals surface area contributed by atoms with Crippen LogP contribution < -0.4 is 19.5 Å². The number of nitrogens with zero attached hydrogens (tertiary/aromatic N) is 1. The third-order valence-corrected chi connectivity index (χ3v) is 7.74. The monoisotopic (exact) mass is 614 g/mol. The van der Waals surface area contributed by atoms with Gasteiger partial charge in [-0.3, -0.25) is 5.32 Å². The van der Waals surface area contributed by atoms with Crippen molar-refractivity contribution in [3.63, 3.8) is 0 Å². The minimum atomic E-state index is -1.93. The van der Waals surface area contributed by atoms with E-state index >= 15 is 0 Å². The van der Waals surface area contributed by atoms with Crippen molar-refractivity contribution in [2.45, 2.75) is 38.5 Å². The Morgan fingerprint density at radius 2 is 1.75 bits per heavy atom. The number of aliphatic carboxylic acids is 1. The topological polar surface area (TPSA) is 130 Å². The first-order chi connectivity index (χ1) is 21.3. The third-order valence-electron chi connectivity index (χ3n) is 7.29. The van der Waals surface area contributed by atoms with Crippen LogP contribution in [-0.4, -0.2) is 41.2 Å². The Bertz CT molecular complexity index is 1670. The molecule has 1 heterocycles. The minimum absolute atomic E-state index is 0.0906. The number of rotatable bonds is 12. The van der Waals surface area contributed by atoms with E-state index in [4.69, 9.17) is 35.8 Å². The van der Waals surface area contributed by atoms with Crippen LogP contribution in [0.4, 0.5) is 0 Å². The number of carbonyl (C=O) groups is 1. The molecular formula is C34H31ClN2O7. The predicted octanol–water partition coefficient (Wildman–Crippen LogP) is 5.70. The number of carboxylic acid groups (broad SMARTS) is 1. The van der Waals surface area contributed by atoms with Gasteiger partial charge in [0, 0.05) is 17.7 Å². The van der Waals surface area contributed by atoms with Crippen molar-refractivity contribution in [1.29, 1.82) is 5.26 Å². The molecule has 0 aromatic heterocycles. The Kier molecular flexibility index (Phi) is 9.68. The lowest BCUT2D eigenvalue weighted by molar-refractivity contribution is -0.185. The molecule has 0 saturated heterocycles. The van der Waals surface area contributed by atoms with Gasteiger partial charge in [-0.05, 0) is 60.0 Å². The Hall–Kier alpha value is -4.59. The van der Waals surface area contributed by atoms with Gasteiger partial charge in [0.1, 0.15) is 31.8 Å². The highest BCUT2D eigenvalue weighted by Crippen LogP contribution is 2.38. The summed E-state index contributed by atoms with van der Waals surface area (Å²) in [6.45, 7) is 2.67. The summed E-state index contributed by atoms with van der Waals surface area (Å²) in [5, 5.41) is 33.0. The molecule has 3 N–H and O–H groups in total. The van der Waals surface area contributed by atoms with Crippen LogP contribution in [0, 0.1) is 11.3 Å². The Morgan fingerprint density at radius 3 is 2.50 bits per heavy atom. The highest BCUT2D eigenvalue weighted by atomic mass is 35.5. The van der Waals surface area contributed by atoms with Gasteiger partial charge in [0.05, 0.1) is 23.3 Å². The van der Waals surface area contributed by atoms with Crippen LogP contribution in [0.2, 0.25) is 5.02 Å². The molecule has 9 nitrogen and oxygen atoms in total. The first-order valence-electron chi connectivity index (χ1n) is 13.9. The maximum Gasteiger partial charge on any atom is 0.339 e. The first kappa shape index (κ1) is 30.9. The Morgan fingerprint density at radius 1 is 1.00 bits per heavy atom. The van der Waals surface area contributed by atoms with Crippen molar-refractivity contribution in [2.24, 2.45) is 0 Å². The van der Waals surface area contributed by atoms with Crippen LogP contribution in [0.1, 0.15) is 29.2 Å². The van der Waals surface area contributed by atoms with Crippen molar-refractivity contribution >= 4 is 17.6 Å². The number of carboxylic acids is 1. The summed E-state index contributed by atoms with van der Waals surface area (Å²) >= 11 is 6.77. The fourth-order valence-electron chi connectivity index (χ4n) is 4.62. The summed E-state index contributed by atoms with van der Waals surface area (Å²) < 4.78 is 22.9. The lowest BCUT2D eigenvalue weighted by Gasteiger charge is -2.31. The number of nitriles is 1. The van der Waals surface area contributed by atoms with Gasteiger partial charge >= 0.3 is 5.97 Å². The van der Waals surface area contributed by atoms with Crippen molar-refractivity contribution in [2.75, 3.05) is 13.2 Å². The molecule has 0 radical (unpaired) electrons. The van der Waals surface area contributed by atoms with Gasteiger partial charge in [0.25, 0.3) is 0 Å². The van der Waals surface area contributed by atoms with Gasteiger partial charge in [-0.1, -0.05) is 60.1 Å². The highest BCUT2D eigenvalue weighted by Gasteiger charge is 2.42. The fourth-order valence-corrected chi connectivity index (χ4v) is 4.91. The molecule has 2 unspecified atom stereocenters. The highest BCUT2D eigenvalue weighted by molar-refractivity contribution is 6.34. The Labute approximate surface area is 260 Å². The van der Waals surface area contributed by atoms with E-state index < -0.39 is 17.8 Å². The SMILES string of the molecule is CC(OCc1cccc(C#N)c1)(C(=O)O)C(O)NCc1ccc(OCc2cccc(-c3ccc4c(c3)OCCO4)c2Cl)cc1. The van der Waals surface area contributed by atoms with E-state index in [1.54, 1.807) is 36.4 Å². The number of ether oxygens (including phenoxy) is 4. The first-order valence-corrected chi connectivity index (χ1v) is 14.3. The van der Waals surface area contributed by atoms with E-state index in [0.29, 0.717) is 46.6 Å².